The highest BCUT2D eigenvalue weighted by Crippen LogP contribution is 2.16. The van der Waals surface area contributed by atoms with E-state index in [0.717, 1.165) is 25.9 Å². The predicted octanol–water partition coefficient (Wildman–Crippen LogP) is 1.65. The fourth-order valence-corrected chi connectivity index (χ4v) is 2.41. The lowest BCUT2D eigenvalue weighted by Gasteiger charge is -2.33. The maximum Gasteiger partial charge on any atom is 0.323 e. The minimum Gasteiger partial charge on any atom is -0.480 e. The SMILES string of the molecule is CCC(C)N(CC(=O)O)C(=O)N(C)CC1CCCOC1. The van der Waals surface area contributed by atoms with Crippen LogP contribution in [0.2, 0.25) is 0 Å². The minimum atomic E-state index is -0.979. The lowest BCUT2D eigenvalue weighted by molar-refractivity contribution is -0.138. The highest BCUT2D eigenvalue weighted by atomic mass is 16.5. The maximum atomic E-state index is 12.4. The summed E-state index contributed by atoms with van der Waals surface area (Å²) in [6, 6.07) is -0.295. The summed E-state index contributed by atoms with van der Waals surface area (Å²) in [5, 5.41) is 8.95. The van der Waals surface area contributed by atoms with Crippen LogP contribution in [0.15, 0.2) is 0 Å². The first kappa shape index (κ1) is 16.8. The summed E-state index contributed by atoms with van der Waals surface area (Å²) in [4.78, 5) is 26.4. The zero-order valence-corrected chi connectivity index (χ0v) is 12.7. The third kappa shape index (κ3) is 5.00. The molecule has 6 nitrogen and oxygen atoms in total. The number of ether oxygens (including phenoxy) is 1. The number of amides is 2. The van der Waals surface area contributed by atoms with Gasteiger partial charge in [0.25, 0.3) is 0 Å². The summed E-state index contributed by atoms with van der Waals surface area (Å²) >= 11 is 0. The summed E-state index contributed by atoms with van der Waals surface area (Å²) in [5.74, 6) is -0.630. The molecule has 1 aliphatic heterocycles. The molecule has 116 valence electrons. The van der Waals surface area contributed by atoms with Crippen LogP contribution in [-0.4, -0.2) is 66.3 Å². The van der Waals surface area contributed by atoms with Crippen molar-refractivity contribution in [2.24, 2.45) is 5.92 Å². The number of hydrogen-bond acceptors (Lipinski definition) is 3. The first-order chi connectivity index (χ1) is 9.45. The molecule has 1 saturated heterocycles. The number of carboxylic acids is 1. The van der Waals surface area contributed by atoms with E-state index in [1.54, 1.807) is 11.9 Å². The lowest BCUT2D eigenvalue weighted by Crippen LogP contribution is -2.49. The molecule has 1 N–H and O–H groups in total. The normalized spacial score (nSPS) is 20.2. The number of carbonyl (C=O) groups excluding carboxylic acids is 1. The van der Waals surface area contributed by atoms with Gasteiger partial charge in [-0.05, 0) is 26.2 Å². The Hall–Kier alpha value is -1.30. The van der Waals surface area contributed by atoms with Crippen LogP contribution in [0.3, 0.4) is 0 Å². The second-order valence-electron chi connectivity index (χ2n) is 5.53. The van der Waals surface area contributed by atoms with Crippen LogP contribution >= 0.6 is 0 Å². The van der Waals surface area contributed by atoms with E-state index in [1.165, 1.54) is 4.90 Å². The summed E-state index contributed by atoms with van der Waals surface area (Å²) < 4.78 is 5.41. The van der Waals surface area contributed by atoms with Gasteiger partial charge in [0, 0.05) is 32.2 Å². The van der Waals surface area contributed by atoms with Gasteiger partial charge in [0.15, 0.2) is 0 Å². The third-order valence-electron chi connectivity index (χ3n) is 3.79. The van der Waals surface area contributed by atoms with Crippen LogP contribution in [0.4, 0.5) is 4.79 Å². The Morgan fingerprint density at radius 2 is 2.15 bits per heavy atom. The van der Waals surface area contributed by atoms with Crippen molar-refractivity contribution < 1.29 is 19.4 Å². The van der Waals surface area contributed by atoms with Crippen molar-refractivity contribution in [3.63, 3.8) is 0 Å². The van der Waals surface area contributed by atoms with Gasteiger partial charge in [-0.15, -0.1) is 0 Å². The van der Waals surface area contributed by atoms with Gasteiger partial charge in [-0.25, -0.2) is 4.79 Å². The molecule has 0 aromatic heterocycles. The Labute approximate surface area is 120 Å². The summed E-state index contributed by atoms with van der Waals surface area (Å²) in [6.45, 7) is 5.66. The maximum absolute atomic E-state index is 12.4. The molecule has 20 heavy (non-hydrogen) atoms. The highest BCUT2D eigenvalue weighted by Gasteiger charge is 2.26. The number of carboxylic acid groups (broad SMARTS) is 1. The Kier molecular flexibility index (Phi) is 6.78. The molecule has 2 amide bonds. The summed E-state index contributed by atoms with van der Waals surface area (Å²) in [7, 11) is 1.73. The van der Waals surface area contributed by atoms with Gasteiger partial charge in [0.1, 0.15) is 6.54 Å². The lowest BCUT2D eigenvalue weighted by atomic mass is 10.0. The van der Waals surface area contributed by atoms with Crippen LogP contribution in [0.5, 0.6) is 0 Å². The van der Waals surface area contributed by atoms with Crippen molar-refractivity contribution in [2.45, 2.75) is 39.2 Å². The molecule has 0 radical (unpaired) electrons. The topological polar surface area (TPSA) is 70.1 Å². The number of aliphatic carboxylic acids is 1. The smallest absolute Gasteiger partial charge is 0.323 e. The number of nitrogens with zero attached hydrogens (tertiary/aromatic N) is 2. The van der Waals surface area contributed by atoms with Crippen molar-refractivity contribution in [3.8, 4) is 0 Å². The highest BCUT2D eigenvalue weighted by molar-refractivity contribution is 5.80. The Balaban J connectivity index is 2.59. The van der Waals surface area contributed by atoms with Crippen LogP contribution in [-0.2, 0) is 9.53 Å². The van der Waals surface area contributed by atoms with Crippen molar-refractivity contribution in [2.75, 3.05) is 33.4 Å². The van der Waals surface area contributed by atoms with E-state index in [2.05, 4.69) is 0 Å². The van der Waals surface area contributed by atoms with E-state index in [0.29, 0.717) is 19.1 Å². The van der Waals surface area contributed by atoms with Crippen molar-refractivity contribution in [1.82, 2.24) is 9.80 Å². The average molecular weight is 286 g/mol. The van der Waals surface area contributed by atoms with Crippen LogP contribution in [0, 0.1) is 5.92 Å². The quantitative estimate of drug-likeness (QED) is 0.806. The van der Waals surface area contributed by atoms with E-state index in [-0.39, 0.29) is 18.6 Å². The van der Waals surface area contributed by atoms with Gasteiger partial charge >= 0.3 is 12.0 Å². The minimum absolute atomic E-state index is 0.0799. The fraction of sp³-hybridized carbons (Fsp3) is 0.857. The van der Waals surface area contributed by atoms with Crippen molar-refractivity contribution >= 4 is 12.0 Å². The average Bonchev–Trinajstić information content (AvgIpc) is 2.44. The summed E-state index contributed by atoms with van der Waals surface area (Å²) in [6.07, 6.45) is 2.82. The van der Waals surface area contributed by atoms with E-state index >= 15 is 0 Å². The molecule has 2 atom stereocenters. The molecule has 2 unspecified atom stereocenters. The van der Waals surface area contributed by atoms with E-state index in [1.807, 2.05) is 13.8 Å². The largest absolute Gasteiger partial charge is 0.480 e. The van der Waals surface area contributed by atoms with Crippen molar-refractivity contribution in [1.29, 1.82) is 0 Å². The molecule has 1 heterocycles. The zero-order valence-electron chi connectivity index (χ0n) is 12.7. The molecule has 0 aromatic carbocycles. The number of urea groups is 1. The molecule has 1 aliphatic rings. The first-order valence-electron chi connectivity index (χ1n) is 7.27. The van der Waals surface area contributed by atoms with E-state index in [9.17, 15) is 9.59 Å². The molecular weight excluding hydrogens is 260 g/mol. The molecule has 1 rings (SSSR count). The standard InChI is InChI=1S/C14H26N2O4/c1-4-11(2)16(9-13(17)18)14(19)15(3)8-12-6-5-7-20-10-12/h11-12H,4-10H2,1-3H3,(H,17,18). The van der Waals surface area contributed by atoms with Gasteiger partial charge in [0.05, 0.1) is 6.61 Å². The zero-order chi connectivity index (χ0) is 15.1. The molecule has 1 fully saturated rings. The molecule has 6 heteroatoms. The molecular formula is C14H26N2O4. The number of hydrogen-bond donors (Lipinski definition) is 1. The molecule has 0 saturated carbocycles. The van der Waals surface area contributed by atoms with Gasteiger partial charge < -0.3 is 19.6 Å². The molecule has 0 aliphatic carbocycles. The van der Waals surface area contributed by atoms with Gasteiger partial charge in [0.2, 0.25) is 0 Å². The van der Waals surface area contributed by atoms with Crippen molar-refractivity contribution in [3.05, 3.63) is 0 Å². The van der Waals surface area contributed by atoms with Crippen LogP contribution in [0.1, 0.15) is 33.1 Å². The molecule has 0 spiro atoms. The first-order valence-corrected chi connectivity index (χ1v) is 7.27. The Morgan fingerprint density at radius 1 is 1.45 bits per heavy atom. The van der Waals surface area contributed by atoms with Gasteiger partial charge in [-0.2, -0.15) is 0 Å². The monoisotopic (exact) mass is 286 g/mol. The number of carbonyl (C=O) groups is 2. The van der Waals surface area contributed by atoms with Crippen LogP contribution < -0.4 is 0 Å². The second kappa shape index (κ2) is 8.09. The third-order valence-corrected chi connectivity index (χ3v) is 3.79. The Bertz CT molecular complexity index is 329. The molecule has 0 aromatic rings. The Morgan fingerprint density at radius 3 is 2.65 bits per heavy atom. The van der Waals surface area contributed by atoms with E-state index < -0.39 is 5.97 Å². The predicted molar refractivity (Wildman–Crippen MR) is 75.7 cm³/mol. The molecule has 0 bridgehead atoms. The fourth-order valence-electron chi connectivity index (χ4n) is 2.41. The summed E-state index contributed by atoms with van der Waals surface area (Å²) in [5.41, 5.74) is 0. The van der Waals surface area contributed by atoms with Crippen LogP contribution in [0.25, 0.3) is 0 Å². The van der Waals surface area contributed by atoms with E-state index in [4.69, 9.17) is 9.84 Å². The van der Waals surface area contributed by atoms with Gasteiger partial charge in [-0.1, -0.05) is 6.92 Å². The number of rotatable bonds is 6. The second-order valence-corrected chi connectivity index (χ2v) is 5.53. The van der Waals surface area contributed by atoms with Gasteiger partial charge in [-0.3, -0.25) is 4.79 Å².